The minimum atomic E-state index is -3.68. The molecule has 0 saturated heterocycles. The Morgan fingerprint density at radius 2 is 1.94 bits per heavy atom. The number of benzene rings is 1. The zero-order valence-electron chi connectivity index (χ0n) is 19.1. The number of imidazole rings is 1. The number of fused-ring (bicyclic) bond motifs is 2. The molecule has 0 saturated carbocycles. The van der Waals surface area contributed by atoms with E-state index in [0.717, 1.165) is 16.5 Å². The predicted octanol–water partition coefficient (Wildman–Crippen LogP) is 3.37. The normalized spacial score (nSPS) is 13.0. The van der Waals surface area contributed by atoms with E-state index >= 15 is 0 Å². The van der Waals surface area contributed by atoms with Crippen LogP contribution >= 0.6 is 11.6 Å². The number of aromatic amines is 1. The molecule has 180 valence electrons. The van der Waals surface area contributed by atoms with Gasteiger partial charge in [0.1, 0.15) is 11.0 Å². The van der Waals surface area contributed by atoms with Crippen LogP contribution in [0.5, 0.6) is 0 Å². The molecule has 35 heavy (non-hydrogen) atoms. The van der Waals surface area contributed by atoms with Crippen molar-refractivity contribution in [3.63, 3.8) is 0 Å². The molecule has 0 fully saturated rings. The first-order chi connectivity index (χ1) is 16.6. The zero-order chi connectivity index (χ0) is 24.9. The van der Waals surface area contributed by atoms with Gasteiger partial charge in [0.15, 0.2) is 5.65 Å². The Kier molecular flexibility index (Phi) is 5.74. The minimum Gasteiger partial charge on any atom is -0.357 e. The quantitative estimate of drug-likeness (QED) is 0.362. The van der Waals surface area contributed by atoms with Gasteiger partial charge in [-0.05, 0) is 48.7 Å². The van der Waals surface area contributed by atoms with Gasteiger partial charge in [-0.2, -0.15) is 0 Å². The van der Waals surface area contributed by atoms with Crippen LogP contribution in [0.4, 0.5) is 0 Å². The Morgan fingerprint density at radius 3 is 2.66 bits per heavy atom. The summed E-state index contributed by atoms with van der Waals surface area (Å²) in [5.74, 6) is -0.224. The number of nitrogens with one attached hydrogen (secondary N) is 1. The average Bonchev–Trinajstić information content (AvgIpc) is 3.47. The molecule has 9 nitrogen and oxygen atoms in total. The summed E-state index contributed by atoms with van der Waals surface area (Å²) in [6.07, 6.45) is 5.33. The van der Waals surface area contributed by atoms with Gasteiger partial charge in [0, 0.05) is 35.4 Å². The number of hydrogen-bond acceptors (Lipinski definition) is 5. The molecule has 5 aromatic rings. The molecule has 1 atom stereocenters. The minimum absolute atomic E-state index is 0.112. The van der Waals surface area contributed by atoms with E-state index in [2.05, 4.69) is 9.97 Å². The molecule has 11 heteroatoms. The SMILES string of the molecule is CC(c1ccc(Cl)cc1)n1cnc2c(CCS(N)(=O)=O)cc(-c3cn(C)c(=O)c4[nH]ccc34)nc21. The molecule has 4 heterocycles. The van der Waals surface area contributed by atoms with Crippen LogP contribution in [0.3, 0.4) is 0 Å². The molecule has 3 N–H and O–H groups in total. The number of primary sulfonamides is 1. The highest BCUT2D eigenvalue weighted by atomic mass is 35.5. The number of nitrogens with zero attached hydrogens (tertiary/aromatic N) is 4. The van der Waals surface area contributed by atoms with Crippen molar-refractivity contribution in [2.45, 2.75) is 19.4 Å². The number of halogens is 1. The lowest BCUT2D eigenvalue weighted by atomic mass is 10.0. The third-order valence-corrected chi connectivity index (χ3v) is 7.23. The van der Waals surface area contributed by atoms with Crippen molar-refractivity contribution in [3.05, 3.63) is 81.6 Å². The number of pyridine rings is 2. The molecule has 0 aliphatic heterocycles. The molecule has 0 radical (unpaired) electrons. The predicted molar refractivity (Wildman–Crippen MR) is 137 cm³/mol. The Bertz CT molecular complexity index is 1740. The summed E-state index contributed by atoms with van der Waals surface area (Å²) < 4.78 is 26.9. The van der Waals surface area contributed by atoms with Gasteiger partial charge in [0.25, 0.3) is 5.56 Å². The van der Waals surface area contributed by atoms with Crippen LogP contribution in [-0.2, 0) is 23.5 Å². The van der Waals surface area contributed by atoms with Crippen molar-refractivity contribution in [3.8, 4) is 11.3 Å². The van der Waals surface area contributed by atoms with Gasteiger partial charge in [-0.25, -0.2) is 23.5 Å². The fourth-order valence-corrected chi connectivity index (χ4v) is 4.94. The molecule has 4 aromatic heterocycles. The van der Waals surface area contributed by atoms with E-state index in [1.807, 2.05) is 47.9 Å². The fraction of sp³-hybridized carbons (Fsp3) is 0.208. The van der Waals surface area contributed by atoms with Crippen molar-refractivity contribution in [2.75, 3.05) is 5.75 Å². The van der Waals surface area contributed by atoms with E-state index < -0.39 is 10.0 Å². The van der Waals surface area contributed by atoms with Crippen LogP contribution in [0.15, 0.2) is 59.9 Å². The third kappa shape index (κ3) is 4.36. The molecule has 0 bridgehead atoms. The molecular formula is C24H23ClN6O3S. The van der Waals surface area contributed by atoms with E-state index in [9.17, 15) is 13.2 Å². The summed E-state index contributed by atoms with van der Waals surface area (Å²) in [6.45, 7) is 2.03. The van der Waals surface area contributed by atoms with Crippen molar-refractivity contribution in [2.24, 2.45) is 12.2 Å². The van der Waals surface area contributed by atoms with Crippen LogP contribution in [0.2, 0.25) is 5.02 Å². The van der Waals surface area contributed by atoms with Crippen LogP contribution < -0.4 is 10.7 Å². The topological polar surface area (TPSA) is 129 Å². The highest BCUT2D eigenvalue weighted by Gasteiger charge is 2.20. The van der Waals surface area contributed by atoms with E-state index in [1.54, 1.807) is 25.8 Å². The first-order valence-electron chi connectivity index (χ1n) is 10.9. The monoisotopic (exact) mass is 510 g/mol. The molecule has 0 amide bonds. The first-order valence-corrected chi connectivity index (χ1v) is 13.0. The van der Waals surface area contributed by atoms with Gasteiger partial charge in [0.05, 0.1) is 23.8 Å². The summed E-state index contributed by atoms with van der Waals surface area (Å²) >= 11 is 6.06. The summed E-state index contributed by atoms with van der Waals surface area (Å²) in [4.78, 5) is 25.1. The summed E-state index contributed by atoms with van der Waals surface area (Å²) in [5, 5.41) is 6.67. The van der Waals surface area contributed by atoms with Gasteiger partial charge in [0.2, 0.25) is 10.0 Å². The maximum atomic E-state index is 12.6. The van der Waals surface area contributed by atoms with Gasteiger partial charge >= 0.3 is 0 Å². The molecule has 5 rings (SSSR count). The molecule has 0 aliphatic rings. The van der Waals surface area contributed by atoms with Gasteiger partial charge in [-0.15, -0.1) is 0 Å². The van der Waals surface area contributed by atoms with Gasteiger partial charge in [-0.3, -0.25) is 4.79 Å². The van der Waals surface area contributed by atoms with Crippen LogP contribution in [0.1, 0.15) is 24.1 Å². The number of H-pyrrole nitrogens is 1. The second-order valence-corrected chi connectivity index (χ2v) is 10.7. The Morgan fingerprint density at radius 1 is 1.20 bits per heavy atom. The standard InChI is InChI=1S/C24H23ClN6O3S/c1-14(15-3-5-17(25)6-4-15)31-13-28-21-16(8-10-35(26,33)34)11-20(29-23(21)31)19-12-30(2)24(32)22-18(19)7-9-27-22/h3-7,9,11-14,27H,8,10H2,1-2H3,(H2,26,33,34). The van der Waals surface area contributed by atoms with E-state index in [-0.39, 0.29) is 23.8 Å². The first kappa shape index (κ1) is 23.3. The number of hydrogen-bond donors (Lipinski definition) is 2. The lowest BCUT2D eigenvalue weighted by Crippen LogP contribution is -2.18. The van der Waals surface area contributed by atoms with Crippen molar-refractivity contribution < 1.29 is 8.42 Å². The summed E-state index contributed by atoms with van der Waals surface area (Å²) in [7, 11) is -2.00. The second kappa shape index (κ2) is 8.63. The number of rotatable bonds is 6. The lowest BCUT2D eigenvalue weighted by Gasteiger charge is -2.16. The number of nitrogens with two attached hydrogens (primary N) is 1. The summed E-state index contributed by atoms with van der Waals surface area (Å²) in [5.41, 5.74) is 4.61. The molecule has 0 spiro atoms. The number of sulfonamides is 1. The van der Waals surface area contributed by atoms with E-state index in [4.69, 9.17) is 21.7 Å². The Hall–Kier alpha value is -3.47. The number of aryl methyl sites for hydroxylation is 2. The van der Waals surface area contributed by atoms with Gasteiger partial charge < -0.3 is 14.1 Å². The molecule has 0 aliphatic carbocycles. The lowest BCUT2D eigenvalue weighted by molar-refractivity contribution is 0.597. The van der Waals surface area contributed by atoms with Crippen molar-refractivity contribution >= 4 is 43.7 Å². The fourth-order valence-electron chi connectivity index (χ4n) is 4.31. The van der Waals surface area contributed by atoms with E-state index in [0.29, 0.717) is 33.0 Å². The maximum Gasteiger partial charge on any atom is 0.274 e. The van der Waals surface area contributed by atoms with Crippen molar-refractivity contribution in [1.82, 2.24) is 24.1 Å². The summed E-state index contributed by atoms with van der Waals surface area (Å²) in [6, 6.07) is 11.1. The molecule has 1 aromatic carbocycles. The zero-order valence-corrected chi connectivity index (χ0v) is 20.6. The van der Waals surface area contributed by atoms with Crippen LogP contribution in [0.25, 0.3) is 33.3 Å². The molecule has 1 unspecified atom stereocenters. The van der Waals surface area contributed by atoms with Crippen molar-refractivity contribution in [1.29, 1.82) is 0 Å². The highest BCUT2D eigenvalue weighted by Crippen LogP contribution is 2.31. The average molecular weight is 511 g/mol. The maximum absolute atomic E-state index is 12.6. The smallest absolute Gasteiger partial charge is 0.274 e. The van der Waals surface area contributed by atoms with Gasteiger partial charge in [-0.1, -0.05) is 23.7 Å². The molecular weight excluding hydrogens is 488 g/mol. The number of aromatic nitrogens is 5. The Balaban J connectivity index is 1.74. The largest absolute Gasteiger partial charge is 0.357 e. The second-order valence-electron chi connectivity index (χ2n) is 8.56. The van der Waals surface area contributed by atoms with Crippen LogP contribution in [0, 0.1) is 0 Å². The Labute approximate surface area is 206 Å². The third-order valence-electron chi connectivity index (χ3n) is 6.20. The highest BCUT2D eigenvalue weighted by molar-refractivity contribution is 7.89. The van der Waals surface area contributed by atoms with Crippen LogP contribution in [-0.4, -0.2) is 38.3 Å². The van der Waals surface area contributed by atoms with E-state index in [1.165, 1.54) is 4.57 Å².